The van der Waals surface area contributed by atoms with Crippen molar-refractivity contribution in [3.8, 4) is 0 Å². The predicted molar refractivity (Wildman–Crippen MR) is 76.8 cm³/mol. The molecule has 3 N–H and O–H groups in total. The average Bonchev–Trinajstić information content (AvgIpc) is 2.45. The fraction of sp³-hybridized carbons (Fsp3) is 0.214. The van der Waals surface area contributed by atoms with Gasteiger partial charge in [0.2, 0.25) is 0 Å². The third-order valence-corrected chi connectivity index (χ3v) is 3.82. The van der Waals surface area contributed by atoms with Gasteiger partial charge in [-0.3, -0.25) is 16.3 Å². The number of nitrogens with zero attached hydrogens (tertiary/aromatic N) is 1. The number of pyridine rings is 1. The Hall–Kier alpha value is -1.37. The highest BCUT2D eigenvalue weighted by Gasteiger charge is 2.19. The molecule has 1 unspecified atom stereocenters. The minimum Gasteiger partial charge on any atom is -0.271 e. The molecule has 0 aliphatic heterocycles. The van der Waals surface area contributed by atoms with Crippen molar-refractivity contribution in [1.82, 2.24) is 10.4 Å². The molecule has 1 atom stereocenters. The third kappa shape index (κ3) is 3.03. The first-order valence-corrected chi connectivity index (χ1v) is 6.83. The van der Waals surface area contributed by atoms with Crippen LogP contribution in [0.2, 0.25) is 0 Å². The molecule has 20 heavy (non-hydrogen) atoms. The highest BCUT2D eigenvalue weighted by molar-refractivity contribution is 9.10. The third-order valence-electron chi connectivity index (χ3n) is 3.20. The zero-order valence-corrected chi connectivity index (χ0v) is 12.4. The van der Waals surface area contributed by atoms with Crippen molar-refractivity contribution < 1.29 is 8.78 Å². The van der Waals surface area contributed by atoms with E-state index in [9.17, 15) is 8.78 Å². The lowest BCUT2D eigenvalue weighted by molar-refractivity contribution is 0.496. The second-order valence-corrected chi connectivity index (χ2v) is 5.33. The van der Waals surface area contributed by atoms with Crippen molar-refractivity contribution in [3.63, 3.8) is 0 Å². The summed E-state index contributed by atoms with van der Waals surface area (Å²) in [5.41, 5.74) is 4.36. The van der Waals surface area contributed by atoms with Crippen molar-refractivity contribution >= 4 is 15.9 Å². The monoisotopic (exact) mass is 341 g/mol. The minimum atomic E-state index is -0.605. The van der Waals surface area contributed by atoms with E-state index in [1.165, 1.54) is 12.1 Å². The fourth-order valence-corrected chi connectivity index (χ4v) is 2.43. The molecule has 0 amide bonds. The van der Waals surface area contributed by atoms with Gasteiger partial charge in [0, 0.05) is 18.0 Å². The second kappa shape index (κ2) is 6.39. The van der Waals surface area contributed by atoms with Crippen LogP contribution in [-0.2, 0) is 6.42 Å². The van der Waals surface area contributed by atoms with Crippen molar-refractivity contribution in [3.05, 3.63) is 63.4 Å². The Bertz CT molecular complexity index is 619. The average molecular weight is 342 g/mol. The molecule has 0 aliphatic carbocycles. The van der Waals surface area contributed by atoms with E-state index in [1.54, 1.807) is 12.4 Å². The maximum Gasteiger partial charge on any atom is 0.143 e. The molecule has 3 nitrogen and oxygen atoms in total. The molecule has 1 aromatic heterocycles. The molecule has 2 rings (SSSR count). The standard InChI is InChI=1S/C14H14BrF2N3/c1-8-4-5-19-7-10(8)13(20-18)6-9-12(16)3-2-11(15)14(9)17/h2-5,7,13,20H,6,18H2,1H3. The van der Waals surface area contributed by atoms with Crippen LogP contribution in [-0.4, -0.2) is 4.98 Å². The molecule has 0 aliphatic rings. The molecule has 1 aromatic carbocycles. The van der Waals surface area contributed by atoms with Crippen LogP contribution in [0.25, 0.3) is 0 Å². The number of aromatic nitrogens is 1. The van der Waals surface area contributed by atoms with E-state index in [4.69, 9.17) is 5.84 Å². The molecule has 0 saturated heterocycles. The molecular weight excluding hydrogens is 328 g/mol. The van der Waals surface area contributed by atoms with Crippen LogP contribution < -0.4 is 11.3 Å². The summed E-state index contributed by atoms with van der Waals surface area (Å²) >= 11 is 3.06. The summed E-state index contributed by atoms with van der Waals surface area (Å²) in [5, 5.41) is 0. The van der Waals surface area contributed by atoms with Crippen molar-refractivity contribution in [1.29, 1.82) is 0 Å². The van der Waals surface area contributed by atoms with Gasteiger partial charge in [0.05, 0.1) is 10.5 Å². The van der Waals surface area contributed by atoms with Gasteiger partial charge >= 0.3 is 0 Å². The van der Waals surface area contributed by atoms with Gasteiger partial charge in [-0.2, -0.15) is 0 Å². The van der Waals surface area contributed by atoms with Crippen LogP contribution in [0.3, 0.4) is 0 Å². The minimum absolute atomic E-state index is 0.00872. The van der Waals surface area contributed by atoms with Crippen LogP contribution >= 0.6 is 15.9 Å². The number of aryl methyl sites for hydroxylation is 1. The van der Waals surface area contributed by atoms with Crippen LogP contribution in [0.5, 0.6) is 0 Å². The highest BCUT2D eigenvalue weighted by atomic mass is 79.9. The Balaban J connectivity index is 2.37. The number of nitrogens with one attached hydrogen (secondary N) is 1. The van der Waals surface area contributed by atoms with Gasteiger partial charge in [-0.15, -0.1) is 0 Å². The van der Waals surface area contributed by atoms with Gasteiger partial charge in [0.15, 0.2) is 0 Å². The lowest BCUT2D eigenvalue weighted by Gasteiger charge is -2.19. The SMILES string of the molecule is Cc1ccncc1C(Cc1c(F)ccc(Br)c1F)NN. The first-order valence-electron chi connectivity index (χ1n) is 6.03. The molecule has 6 heteroatoms. The van der Waals surface area contributed by atoms with Gasteiger partial charge in [0.25, 0.3) is 0 Å². The van der Waals surface area contributed by atoms with Crippen LogP contribution in [0, 0.1) is 18.6 Å². The van der Waals surface area contributed by atoms with Gasteiger partial charge in [-0.1, -0.05) is 0 Å². The van der Waals surface area contributed by atoms with Crippen molar-refractivity contribution in [2.24, 2.45) is 5.84 Å². The number of hydrogen-bond acceptors (Lipinski definition) is 3. The summed E-state index contributed by atoms with van der Waals surface area (Å²) in [6, 6.07) is 3.98. The molecular formula is C14H14BrF2N3. The Morgan fingerprint density at radius 3 is 2.75 bits per heavy atom. The largest absolute Gasteiger partial charge is 0.271 e. The van der Waals surface area contributed by atoms with E-state index in [-0.39, 0.29) is 16.5 Å². The summed E-state index contributed by atoms with van der Waals surface area (Å²) in [7, 11) is 0. The van der Waals surface area contributed by atoms with E-state index >= 15 is 0 Å². The van der Waals surface area contributed by atoms with Crippen LogP contribution in [0.1, 0.15) is 22.7 Å². The van der Waals surface area contributed by atoms with E-state index in [0.29, 0.717) is 0 Å². The molecule has 2 aromatic rings. The van der Waals surface area contributed by atoms with Crippen molar-refractivity contribution in [2.45, 2.75) is 19.4 Å². The van der Waals surface area contributed by atoms with E-state index in [2.05, 4.69) is 26.3 Å². The van der Waals surface area contributed by atoms with Gasteiger partial charge in [-0.25, -0.2) is 8.78 Å². The van der Waals surface area contributed by atoms with E-state index in [1.807, 2.05) is 13.0 Å². The summed E-state index contributed by atoms with van der Waals surface area (Å²) in [6.07, 6.45) is 3.40. The van der Waals surface area contributed by atoms with E-state index in [0.717, 1.165) is 11.1 Å². The van der Waals surface area contributed by atoms with Crippen molar-refractivity contribution in [2.75, 3.05) is 0 Å². The zero-order chi connectivity index (χ0) is 14.7. The quantitative estimate of drug-likeness (QED) is 0.510. The maximum absolute atomic E-state index is 14.0. The predicted octanol–water partition coefficient (Wildman–Crippen LogP) is 3.18. The first-order chi connectivity index (χ1) is 9.54. The summed E-state index contributed by atoms with van der Waals surface area (Å²) in [6.45, 7) is 1.90. The summed E-state index contributed by atoms with van der Waals surface area (Å²) < 4.78 is 28.0. The smallest absolute Gasteiger partial charge is 0.143 e. The fourth-order valence-electron chi connectivity index (χ4n) is 2.06. The number of benzene rings is 1. The van der Waals surface area contributed by atoms with Crippen LogP contribution in [0.4, 0.5) is 8.78 Å². The maximum atomic E-state index is 14.0. The van der Waals surface area contributed by atoms with Gasteiger partial charge < -0.3 is 0 Å². The Labute approximate surface area is 124 Å². The van der Waals surface area contributed by atoms with Gasteiger partial charge in [0.1, 0.15) is 11.6 Å². The number of hydrogen-bond donors (Lipinski definition) is 2. The summed E-state index contributed by atoms with van der Waals surface area (Å²) in [4.78, 5) is 4.03. The molecule has 0 radical (unpaired) electrons. The zero-order valence-electron chi connectivity index (χ0n) is 10.8. The number of hydrazine groups is 1. The second-order valence-electron chi connectivity index (χ2n) is 4.48. The normalized spacial score (nSPS) is 12.4. The molecule has 0 saturated carbocycles. The first kappa shape index (κ1) is 15.0. The Morgan fingerprint density at radius 2 is 2.10 bits per heavy atom. The lowest BCUT2D eigenvalue weighted by atomic mass is 9.97. The number of nitrogens with two attached hydrogens (primary N) is 1. The Morgan fingerprint density at radius 1 is 1.35 bits per heavy atom. The lowest BCUT2D eigenvalue weighted by Crippen LogP contribution is -2.30. The molecule has 106 valence electrons. The van der Waals surface area contributed by atoms with Gasteiger partial charge in [-0.05, 0) is 58.6 Å². The molecule has 0 fully saturated rings. The summed E-state index contributed by atoms with van der Waals surface area (Å²) in [5.74, 6) is 4.33. The van der Waals surface area contributed by atoms with E-state index < -0.39 is 17.7 Å². The Kier molecular flexibility index (Phi) is 4.80. The number of rotatable bonds is 4. The highest BCUT2D eigenvalue weighted by Crippen LogP contribution is 2.27. The number of halogens is 3. The van der Waals surface area contributed by atoms with Crippen LogP contribution in [0.15, 0.2) is 35.1 Å². The molecule has 0 spiro atoms. The molecule has 0 bridgehead atoms. The molecule has 1 heterocycles. The topological polar surface area (TPSA) is 50.9 Å².